The molecule has 1 aliphatic rings. The van der Waals surface area contributed by atoms with Gasteiger partial charge in [-0.15, -0.1) is 0 Å². The van der Waals surface area contributed by atoms with Gasteiger partial charge >= 0.3 is 6.09 Å². The number of rotatable bonds is 3. The van der Waals surface area contributed by atoms with Crippen molar-refractivity contribution in [1.29, 1.82) is 0 Å². The predicted molar refractivity (Wildman–Crippen MR) is 112 cm³/mol. The van der Waals surface area contributed by atoms with Crippen molar-refractivity contribution in [1.82, 2.24) is 0 Å². The summed E-state index contributed by atoms with van der Waals surface area (Å²) in [4.78, 5) is 38.3. The number of Topliss-reactive ketones (excluding diaryl/α,β-unsaturated/α-hetero) is 1. The fraction of sp³-hybridized carbons (Fsp3) is 0.261. The summed E-state index contributed by atoms with van der Waals surface area (Å²) in [5.41, 5.74) is 0.696. The van der Waals surface area contributed by atoms with Gasteiger partial charge in [-0.05, 0) is 57.5 Å². The van der Waals surface area contributed by atoms with Gasteiger partial charge in [0.1, 0.15) is 17.1 Å². The van der Waals surface area contributed by atoms with Crippen LogP contribution in [0, 0.1) is 6.92 Å². The number of aryl methyl sites for hydroxylation is 1. The van der Waals surface area contributed by atoms with Crippen molar-refractivity contribution in [3.8, 4) is 11.5 Å². The van der Waals surface area contributed by atoms with E-state index in [0.29, 0.717) is 5.75 Å². The zero-order chi connectivity index (χ0) is 22.2. The van der Waals surface area contributed by atoms with Gasteiger partial charge in [-0.2, -0.15) is 0 Å². The number of hydrogen-bond acceptors (Lipinski definition) is 6. The highest BCUT2D eigenvalue weighted by Gasteiger charge is 2.32. The maximum Gasteiger partial charge on any atom is 0.412 e. The Morgan fingerprint density at radius 2 is 1.80 bits per heavy atom. The summed E-state index contributed by atoms with van der Waals surface area (Å²) in [6.45, 7) is 7.01. The average Bonchev–Trinajstić information content (AvgIpc) is 2.62. The number of fused-ring (bicyclic) bond motifs is 1. The summed E-state index contributed by atoms with van der Waals surface area (Å²) in [5, 5.41) is 12.7. The SMILES string of the molecule is COc1cc(C)cc(NC(=O)OC(C)(C)C)c1C1=CC(=O)c2c(O)cccc2C1=O. The van der Waals surface area contributed by atoms with E-state index in [1.165, 1.54) is 25.3 Å². The summed E-state index contributed by atoms with van der Waals surface area (Å²) in [6, 6.07) is 7.69. The Balaban J connectivity index is 2.15. The molecule has 1 amide bonds. The zero-order valence-corrected chi connectivity index (χ0v) is 17.5. The molecule has 0 bridgehead atoms. The second kappa shape index (κ2) is 7.67. The number of allylic oxidation sites excluding steroid dienone is 2. The molecule has 2 N–H and O–H groups in total. The number of hydrogen-bond donors (Lipinski definition) is 2. The Hall–Kier alpha value is -3.61. The van der Waals surface area contributed by atoms with Crippen LogP contribution in [0.3, 0.4) is 0 Å². The van der Waals surface area contributed by atoms with Crippen LogP contribution in [0.5, 0.6) is 11.5 Å². The third-order valence-corrected chi connectivity index (χ3v) is 4.42. The summed E-state index contributed by atoms with van der Waals surface area (Å²) >= 11 is 0. The molecule has 7 nitrogen and oxygen atoms in total. The van der Waals surface area contributed by atoms with Gasteiger partial charge in [-0.25, -0.2) is 4.79 Å². The van der Waals surface area contributed by atoms with Crippen LogP contribution in [0.2, 0.25) is 0 Å². The van der Waals surface area contributed by atoms with E-state index in [0.717, 1.165) is 11.6 Å². The lowest BCUT2D eigenvalue weighted by Gasteiger charge is -2.23. The van der Waals surface area contributed by atoms with Crippen molar-refractivity contribution in [2.75, 3.05) is 12.4 Å². The molecule has 0 saturated carbocycles. The molecular weight excluding hydrogens is 386 g/mol. The standard InChI is InChI=1S/C23H23NO6/c1-12-9-15(24-22(28)30-23(2,3)4)19(18(10-12)29-5)14-11-17(26)20-13(21(14)27)7-6-8-16(20)25/h6-11,25H,1-5H3,(H,24,28). The van der Waals surface area contributed by atoms with Gasteiger partial charge in [0.05, 0.1) is 23.9 Å². The maximum atomic E-state index is 13.2. The number of phenolic OH excluding ortho intramolecular Hbond substituents is 1. The molecule has 0 aromatic heterocycles. The fourth-order valence-corrected chi connectivity index (χ4v) is 3.29. The first-order valence-electron chi connectivity index (χ1n) is 9.33. The minimum atomic E-state index is -0.718. The highest BCUT2D eigenvalue weighted by molar-refractivity contribution is 6.40. The largest absolute Gasteiger partial charge is 0.507 e. The van der Waals surface area contributed by atoms with E-state index in [-0.39, 0.29) is 33.7 Å². The first-order chi connectivity index (χ1) is 14.0. The highest BCUT2D eigenvalue weighted by atomic mass is 16.6. The molecule has 0 saturated heterocycles. The molecule has 0 fully saturated rings. The molecule has 30 heavy (non-hydrogen) atoms. The Morgan fingerprint density at radius 1 is 1.10 bits per heavy atom. The van der Waals surface area contributed by atoms with Crippen LogP contribution < -0.4 is 10.1 Å². The number of aromatic hydroxyl groups is 1. The van der Waals surface area contributed by atoms with E-state index in [9.17, 15) is 19.5 Å². The molecule has 0 atom stereocenters. The number of amides is 1. The van der Waals surface area contributed by atoms with E-state index in [4.69, 9.17) is 9.47 Å². The molecule has 3 rings (SSSR count). The molecule has 0 aliphatic heterocycles. The molecule has 156 valence electrons. The number of anilines is 1. The van der Waals surface area contributed by atoms with Crippen molar-refractivity contribution in [2.24, 2.45) is 0 Å². The minimum Gasteiger partial charge on any atom is -0.507 e. The van der Waals surface area contributed by atoms with E-state index < -0.39 is 23.3 Å². The molecule has 0 spiro atoms. The lowest BCUT2D eigenvalue weighted by atomic mass is 9.84. The lowest BCUT2D eigenvalue weighted by molar-refractivity contribution is 0.0635. The van der Waals surface area contributed by atoms with Crippen LogP contribution in [-0.2, 0) is 4.74 Å². The normalized spacial score (nSPS) is 13.4. The summed E-state index contributed by atoms with van der Waals surface area (Å²) in [6.07, 6.45) is 0.447. The second-order valence-corrected chi connectivity index (χ2v) is 7.97. The van der Waals surface area contributed by atoms with Gasteiger partial charge in [0, 0.05) is 11.1 Å². The molecule has 2 aromatic rings. The molecule has 0 radical (unpaired) electrons. The summed E-state index contributed by atoms with van der Waals surface area (Å²) < 4.78 is 10.8. The van der Waals surface area contributed by atoms with E-state index in [1.807, 2.05) is 6.92 Å². The van der Waals surface area contributed by atoms with Crippen LogP contribution in [-0.4, -0.2) is 35.5 Å². The lowest BCUT2D eigenvalue weighted by Crippen LogP contribution is -2.28. The van der Waals surface area contributed by atoms with Crippen molar-refractivity contribution in [2.45, 2.75) is 33.3 Å². The van der Waals surface area contributed by atoms with Crippen molar-refractivity contribution < 1.29 is 29.0 Å². The van der Waals surface area contributed by atoms with Crippen LogP contribution in [0.1, 0.15) is 52.6 Å². The third kappa shape index (κ3) is 4.05. The third-order valence-electron chi connectivity index (χ3n) is 4.42. The minimum absolute atomic E-state index is 0.0426. The van der Waals surface area contributed by atoms with E-state index in [1.54, 1.807) is 32.9 Å². The molecule has 0 heterocycles. The predicted octanol–water partition coefficient (Wildman–Crippen LogP) is 4.52. The first-order valence-corrected chi connectivity index (χ1v) is 9.33. The summed E-state index contributed by atoms with van der Waals surface area (Å²) in [7, 11) is 1.44. The zero-order valence-electron chi connectivity index (χ0n) is 17.5. The number of ketones is 2. The van der Waals surface area contributed by atoms with Crippen LogP contribution in [0.4, 0.5) is 10.5 Å². The molecule has 7 heteroatoms. The number of nitrogens with one attached hydrogen (secondary N) is 1. The smallest absolute Gasteiger partial charge is 0.412 e. The van der Waals surface area contributed by atoms with Crippen LogP contribution in [0.25, 0.3) is 5.57 Å². The number of benzene rings is 2. The Labute approximate surface area is 174 Å². The fourth-order valence-electron chi connectivity index (χ4n) is 3.29. The number of carbonyl (C=O) groups excluding carboxylic acids is 3. The van der Waals surface area contributed by atoms with Gasteiger partial charge in [0.2, 0.25) is 0 Å². The number of methoxy groups -OCH3 is 1. The number of ether oxygens (including phenoxy) is 2. The second-order valence-electron chi connectivity index (χ2n) is 7.97. The average molecular weight is 409 g/mol. The van der Waals surface area contributed by atoms with Crippen molar-refractivity contribution in [3.63, 3.8) is 0 Å². The molecule has 2 aromatic carbocycles. The number of carbonyl (C=O) groups is 3. The van der Waals surface area contributed by atoms with Gasteiger partial charge in [0.15, 0.2) is 11.6 Å². The van der Waals surface area contributed by atoms with Crippen molar-refractivity contribution >= 4 is 28.9 Å². The van der Waals surface area contributed by atoms with Gasteiger partial charge in [-0.1, -0.05) is 12.1 Å². The number of phenols is 1. The topological polar surface area (TPSA) is 102 Å². The van der Waals surface area contributed by atoms with Gasteiger partial charge in [0.25, 0.3) is 0 Å². The van der Waals surface area contributed by atoms with Gasteiger partial charge < -0.3 is 14.6 Å². The monoisotopic (exact) mass is 409 g/mol. The van der Waals surface area contributed by atoms with E-state index >= 15 is 0 Å². The Morgan fingerprint density at radius 3 is 2.43 bits per heavy atom. The summed E-state index contributed by atoms with van der Waals surface area (Å²) in [5.74, 6) is -0.917. The quantitative estimate of drug-likeness (QED) is 0.773. The van der Waals surface area contributed by atoms with Crippen molar-refractivity contribution in [3.05, 3.63) is 58.7 Å². The molecule has 0 unspecified atom stereocenters. The Bertz CT molecular complexity index is 1090. The van der Waals surface area contributed by atoms with Crippen LogP contribution >= 0.6 is 0 Å². The maximum absolute atomic E-state index is 13.2. The van der Waals surface area contributed by atoms with Crippen LogP contribution in [0.15, 0.2) is 36.4 Å². The molecule has 1 aliphatic carbocycles. The molecular formula is C23H23NO6. The highest BCUT2D eigenvalue weighted by Crippen LogP contribution is 2.40. The Kier molecular flexibility index (Phi) is 5.39. The van der Waals surface area contributed by atoms with E-state index in [2.05, 4.69) is 5.32 Å². The first kappa shape index (κ1) is 21.1. The van der Waals surface area contributed by atoms with Gasteiger partial charge in [-0.3, -0.25) is 14.9 Å².